The molecule has 0 aromatic rings. The van der Waals surface area contributed by atoms with Crippen LogP contribution in [-0.4, -0.2) is 19.9 Å². The predicted octanol–water partition coefficient (Wildman–Crippen LogP) is -2.69. The first-order chi connectivity index (χ1) is 2.41. The van der Waals surface area contributed by atoms with Crippen LogP contribution in [0.1, 0.15) is 0 Å². The van der Waals surface area contributed by atoms with Crippen LogP contribution in [-0.2, 0) is 0 Å². The Bertz CT molecular complexity index is 59.8. The zero-order chi connectivity index (χ0) is 4.12. The summed E-state index contributed by atoms with van der Waals surface area (Å²) < 4.78 is 0. The Morgan fingerprint density at radius 2 is 2.40 bits per heavy atom. The molecule has 0 aliphatic heterocycles. The van der Waals surface area contributed by atoms with E-state index in [2.05, 4.69) is 11.1 Å². The number of hydrogen-bond donors (Lipinski definition) is 1. The summed E-state index contributed by atoms with van der Waals surface area (Å²) in [4.78, 5) is 0. The molecule has 28 valence electrons. The largest absolute Gasteiger partial charge is 0.346 e. The Balaban J connectivity index is 2.81. The van der Waals surface area contributed by atoms with Crippen molar-refractivity contribution in [1.82, 2.24) is 0 Å². The molecule has 0 atom stereocenters. The second-order valence-electron chi connectivity index (χ2n) is 0.631. The second-order valence-corrected chi connectivity index (χ2v) is 1.89. The molecule has 3 heteroatoms. The van der Waals surface area contributed by atoms with E-state index in [4.69, 9.17) is 5.40 Å². The number of nitrogens with two attached hydrogens (primary N) is 1. The van der Waals surface area contributed by atoms with Gasteiger partial charge in [-0.1, -0.05) is 0 Å². The van der Waals surface area contributed by atoms with Gasteiger partial charge >= 0.3 is 0 Å². The zero-order valence-electron chi connectivity index (χ0n) is 3.28. The van der Waals surface area contributed by atoms with Crippen molar-refractivity contribution in [2.24, 2.45) is 5.40 Å². The van der Waals surface area contributed by atoms with Gasteiger partial charge < -0.3 is 5.40 Å². The van der Waals surface area contributed by atoms with Crippen molar-refractivity contribution in [3.8, 4) is 11.1 Å². The minimum Gasteiger partial charge on any atom is -0.346 e. The van der Waals surface area contributed by atoms with E-state index in [1.54, 1.807) is 0 Å². The van der Waals surface area contributed by atoms with Crippen LogP contribution in [0.25, 0.3) is 0 Å². The maximum atomic E-state index is 5.13. The summed E-state index contributed by atoms with van der Waals surface area (Å²) in [5.74, 6) is 0. The Labute approximate surface area is 37.3 Å². The van der Waals surface area contributed by atoms with Gasteiger partial charge in [0.05, 0.1) is 10.2 Å². The van der Waals surface area contributed by atoms with E-state index in [0.29, 0.717) is 0 Å². The molecule has 5 heavy (non-hydrogen) atoms. The smallest absolute Gasteiger partial charge is 0.173 e. The summed E-state index contributed by atoms with van der Waals surface area (Å²) in [7, 11) is 0.580. The van der Waals surface area contributed by atoms with Gasteiger partial charge in [-0.05, 0) is 0 Å². The fourth-order valence-electron chi connectivity index (χ4n) is 0.102. The molecule has 0 bridgehead atoms. The molecule has 0 heterocycles. The first-order valence-corrected chi connectivity index (χ1v) is 4.04. The quantitative estimate of drug-likeness (QED) is 0.261. The lowest BCUT2D eigenvalue weighted by molar-refractivity contribution is 1.95. The molecule has 0 aliphatic carbocycles. The van der Waals surface area contributed by atoms with Gasteiger partial charge in [-0.3, -0.25) is 0 Å². The van der Waals surface area contributed by atoms with Gasteiger partial charge in [-0.15, -0.1) is 11.1 Å². The minimum atomic E-state index is -0.412. The highest BCUT2D eigenvalue weighted by atomic mass is 28.2. The number of rotatable bonds is 0. The van der Waals surface area contributed by atoms with Crippen molar-refractivity contribution in [3.05, 3.63) is 0 Å². The molecule has 0 aromatic heterocycles. The zero-order valence-corrected chi connectivity index (χ0v) is 6.70. The van der Waals surface area contributed by atoms with E-state index in [9.17, 15) is 0 Å². The van der Waals surface area contributed by atoms with E-state index < -0.39 is 9.68 Å². The fraction of sp³-hybridized carbons (Fsp3) is 0. The van der Waals surface area contributed by atoms with Crippen LogP contribution in [0.3, 0.4) is 0 Å². The topological polar surface area (TPSA) is 26.0 Å². The average Bonchev–Trinajstić information content (AvgIpc) is 1.41. The molecule has 0 aromatic carbocycles. The second kappa shape index (κ2) is 3.95. The van der Waals surface area contributed by atoms with Gasteiger partial charge in [0.25, 0.3) is 0 Å². The van der Waals surface area contributed by atoms with Crippen LogP contribution >= 0.6 is 0 Å². The lowest BCUT2D eigenvalue weighted by Gasteiger charge is -1.58. The summed E-state index contributed by atoms with van der Waals surface area (Å²) in [6.45, 7) is 0. The van der Waals surface area contributed by atoms with Crippen LogP contribution in [0.2, 0.25) is 0 Å². The lowest BCUT2D eigenvalue weighted by Crippen LogP contribution is -1.99. The van der Waals surface area contributed by atoms with E-state index in [1.165, 1.54) is 0 Å². The molecule has 2 N–H and O–H groups in total. The van der Waals surface area contributed by atoms with Gasteiger partial charge in [0.15, 0.2) is 9.68 Å². The van der Waals surface area contributed by atoms with Gasteiger partial charge in [0.1, 0.15) is 0 Å². The molecule has 0 rings (SSSR count). The minimum absolute atomic E-state index is 0.412. The van der Waals surface area contributed by atoms with Crippen molar-refractivity contribution in [2.75, 3.05) is 0 Å². The highest BCUT2D eigenvalue weighted by Gasteiger charge is 1.50. The number of hydrogen-bond acceptors (Lipinski definition) is 1. The molecule has 0 spiro atoms. The van der Waals surface area contributed by atoms with Crippen LogP contribution in [0, 0.1) is 11.1 Å². The molecule has 0 saturated heterocycles. The fourth-order valence-corrected chi connectivity index (χ4v) is 0.919. The van der Waals surface area contributed by atoms with Gasteiger partial charge in [-0.25, -0.2) is 0 Å². The molecule has 0 radical (unpaired) electrons. The summed E-state index contributed by atoms with van der Waals surface area (Å²) in [6.07, 6.45) is 0. The Morgan fingerprint density at radius 3 is 2.40 bits per heavy atom. The van der Waals surface area contributed by atoms with Gasteiger partial charge in [0, 0.05) is 0 Å². The van der Waals surface area contributed by atoms with Crippen molar-refractivity contribution in [1.29, 1.82) is 0 Å². The van der Waals surface area contributed by atoms with Gasteiger partial charge in [0.2, 0.25) is 0 Å². The first kappa shape index (κ1) is 4.95. The average molecular weight is 101 g/mol. The Morgan fingerprint density at radius 1 is 1.80 bits per heavy atom. The summed E-state index contributed by atoms with van der Waals surface area (Å²) >= 11 is 0. The van der Waals surface area contributed by atoms with Crippen molar-refractivity contribution >= 4 is 19.9 Å². The standard InChI is InChI=1S/C2H7NSi2/c3-5-2-1-4/h3,5H2,4H3. The summed E-state index contributed by atoms with van der Waals surface area (Å²) in [6, 6.07) is 0. The SMILES string of the molecule is N[SiH2]C#C[SiH3]. The first-order valence-electron chi connectivity index (χ1n) is 1.51. The molecule has 0 unspecified atom stereocenters. The van der Waals surface area contributed by atoms with E-state index in [-0.39, 0.29) is 0 Å². The van der Waals surface area contributed by atoms with Gasteiger partial charge in [-0.2, -0.15) is 0 Å². The van der Waals surface area contributed by atoms with Crippen LogP contribution < -0.4 is 5.40 Å². The molecular weight excluding hydrogens is 94.2 g/mol. The maximum Gasteiger partial charge on any atom is 0.173 e. The van der Waals surface area contributed by atoms with Crippen molar-refractivity contribution in [2.45, 2.75) is 0 Å². The monoisotopic (exact) mass is 101 g/mol. The summed E-state index contributed by atoms with van der Waals surface area (Å²) in [5.41, 5.74) is 5.68. The van der Waals surface area contributed by atoms with Crippen LogP contribution in [0.4, 0.5) is 0 Å². The Kier molecular flexibility index (Phi) is 3.92. The molecular formula is C2H7NSi2. The molecule has 1 nitrogen and oxygen atoms in total. The normalized spacial score (nSPS) is 8.20. The van der Waals surface area contributed by atoms with Crippen LogP contribution in [0.15, 0.2) is 0 Å². The third-order valence-corrected chi connectivity index (χ3v) is 1.90. The lowest BCUT2D eigenvalue weighted by atomic mass is 11.4. The molecule has 0 saturated carbocycles. The third kappa shape index (κ3) is 3.95. The van der Waals surface area contributed by atoms with E-state index in [0.717, 1.165) is 10.2 Å². The molecule has 0 aliphatic rings. The highest BCUT2D eigenvalue weighted by Crippen LogP contribution is 1.29. The molecule has 0 amide bonds. The molecule has 0 fully saturated rings. The predicted molar refractivity (Wildman–Crippen MR) is 30.4 cm³/mol. The van der Waals surface area contributed by atoms with Crippen LogP contribution in [0.5, 0.6) is 0 Å². The Hall–Kier alpha value is -0.0462. The summed E-state index contributed by atoms with van der Waals surface area (Å²) in [5, 5.41) is 5.13. The highest BCUT2D eigenvalue weighted by molar-refractivity contribution is 6.44. The van der Waals surface area contributed by atoms with E-state index >= 15 is 0 Å². The van der Waals surface area contributed by atoms with E-state index in [1.807, 2.05) is 0 Å². The van der Waals surface area contributed by atoms with Crippen molar-refractivity contribution in [3.63, 3.8) is 0 Å². The third-order valence-electron chi connectivity index (χ3n) is 0.279. The van der Waals surface area contributed by atoms with Crippen molar-refractivity contribution < 1.29 is 0 Å². The maximum absolute atomic E-state index is 5.13.